The van der Waals surface area contributed by atoms with Crippen molar-refractivity contribution in [3.05, 3.63) is 52.3 Å². The molecule has 4 rings (SSSR count). The number of nitrogens with zero attached hydrogens (tertiary/aromatic N) is 3. The summed E-state index contributed by atoms with van der Waals surface area (Å²) >= 11 is 0. The molecule has 0 aliphatic carbocycles. The van der Waals surface area contributed by atoms with Gasteiger partial charge in [-0.25, -0.2) is 9.48 Å². The van der Waals surface area contributed by atoms with Crippen LogP contribution in [0.15, 0.2) is 41.2 Å². The molecule has 3 aromatic rings. The predicted octanol–water partition coefficient (Wildman–Crippen LogP) is 1.49. The first-order valence-corrected chi connectivity index (χ1v) is 8.94. The van der Waals surface area contributed by atoms with Gasteiger partial charge in [-0.15, -0.1) is 5.10 Å². The van der Waals surface area contributed by atoms with Gasteiger partial charge in [-0.3, -0.25) is 4.79 Å². The minimum Gasteiger partial charge on any atom is -0.454 e. The lowest BCUT2D eigenvalue weighted by Gasteiger charge is -2.09. The van der Waals surface area contributed by atoms with Crippen LogP contribution in [0.1, 0.15) is 5.56 Å². The molecule has 0 saturated heterocycles. The number of benzene rings is 2. The summed E-state index contributed by atoms with van der Waals surface area (Å²) < 4.78 is 16.8. The van der Waals surface area contributed by atoms with Gasteiger partial charge in [0.25, 0.3) is 5.56 Å². The van der Waals surface area contributed by atoms with E-state index in [0.717, 1.165) is 5.56 Å². The maximum Gasteiger partial charge on any atom is 0.319 e. The number of anilines is 1. The van der Waals surface area contributed by atoms with Gasteiger partial charge in [-0.05, 0) is 35.9 Å². The van der Waals surface area contributed by atoms with Crippen LogP contribution in [0, 0.1) is 0 Å². The summed E-state index contributed by atoms with van der Waals surface area (Å²) in [5.74, 6) is 1.35. The molecule has 10 nitrogen and oxygen atoms in total. The molecule has 1 aromatic heterocycles. The first kappa shape index (κ1) is 18.7. The summed E-state index contributed by atoms with van der Waals surface area (Å²) in [6.07, 6.45) is 0. The number of hydrogen-bond acceptors (Lipinski definition) is 7. The molecule has 2 N–H and O–H groups in total. The number of ether oxygens (including phenoxy) is 3. The average Bonchev–Trinajstić information content (AvgIpc) is 3.20. The number of fused-ring (bicyclic) bond motifs is 2. The summed E-state index contributed by atoms with van der Waals surface area (Å²) in [7, 11) is 1.55. The smallest absolute Gasteiger partial charge is 0.319 e. The molecule has 29 heavy (non-hydrogen) atoms. The maximum atomic E-state index is 12.5. The van der Waals surface area contributed by atoms with Gasteiger partial charge in [0.1, 0.15) is 5.52 Å². The van der Waals surface area contributed by atoms with Crippen LogP contribution in [0.2, 0.25) is 0 Å². The molecule has 2 amide bonds. The van der Waals surface area contributed by atoms with E-state index in [1.54, 1.807) is 31.4 Å². The first-order chi connectivity index (χ1) is 14.1. The van der Waals surface area contributed by atoms with Crippen molar-refractivity contribution in [1.82, 2.24) is 20.3 Å². The second kappa shape index (κ2) is 8.15. The van der Waals surface area contributed by atoms with Crippen molar-refractivity contribution < 1.29 is 19.0 Å². The normalized spacial score (nSPS) is 12.2. The average molecular weight is 397 g/mol. The third-order valence-electron chi connectivity index (χ3n) is 4.38. The van der Waals surface area contributed by atoms with E-state index in [0.29, 0.717) is 47.8 Å². The lowest BCUT2D eigenvalue weighted by molar-refractivity contribution is 0.174. The molecular weight excluding hydrogens is 378 g/mol. The van der Waals surface area contributed by atoms with Crippen LogP contribution < -0.4 is 25.7 Å². The zero-order valence-corrected chi connectivity index (χ0v) is 15.7. The number of carbonyl (C=O) groups excluding carboxylic acids is 1. The fourth-order valence-corrected chi connectivity index (χ4v) is 2.89. The van der Waals surface area contributed by atoms with E-state index < -0.39 is 6.03 Å². The number of methoxy groups -OCH3 is 1. The molecule has 10 heteroatoms. The molecule has 0 fully saturated rings. The number of hydrogen-bond donors (Lipinski definition) is 2. The minimum atomic E-state index is -0.399. The van der Waals surface area contributed by atoms with Crippen LogP contribution in [0.3, 0.4) is 0 Å². The number of carbonyl (C=O) groups is 1. The second-order valence-corrected chi connectivity index (χ2v) is 6.34. The molecule has 0 unspecified atom stereocenters. The monoisotopic (exact) mass is 397 g/mol. The van der Waals surface area contributed by atoms with Crippen LogP contribution in [-0.2, 0) is 17.8 Å². The number of amides is 2. The first-order valence-electron chi connectivity index (χ1n) is 8.94. The predicted molar refractivity (Wildman–Crippen MR) is 104 cm³/mol. The Morgan fingerprint density at radius 3 is 2.93 bits per heavy atom. The molecule has 150 valence electrons. The van der Waals surface area contributed by atoms with E-state index in [-0.39, 0.29) is 12.4 Å². The van der Waals surface area contributed by atoms with Gasteiger partial charge >= 0.3 is 6.03 Å². The Morgan fingerprint density at radius 2 is 2.07 bits per heavy atom. The van der Waals surface area contributed by atoms with E-state index in [1.165, 1.54) is 4.68 Å². The fraction of sp³-hybridized carbons (Fsp3) is 0.263. The van der Waals surface area contributed by atoms with Crippen LogP contribution in [0.5, 0.6) is 11.5 Å². The Hall–Kier alpha value is -3.66. The SMILES string of the molecule is COCCn1nnc2ccc(NC(=O)NCc3ccc4c(c3)OCO4)cc2c1=O. The van der Waals surface area contributed by atoms with Gasteiger partial charge in [0.2, 0.25) is 6.79 Å². The van der Waals surface area contributed by atoms with Gasteiger partial charge < -0.3 is 24.8 Å². The summed E-state index contributed by atoms with van der Waals surface area (Å²) in [5, 5.41) is 13.8. The van der Waals surface area contributed by atoms with Crippen LogP contribution in [0.25, 0.3) is 10.9 Å². The Bertz CT molecular complexity index is 1110. The van der Waals surface area contributed by atoms with Crippen molar-refractivity contribution in [2.45, 2.75) is 13.1 Å². The lowest BCUT2D eigenvalue weighted by Crippen LogP contribution is -2.28. The summed E-state index contributed by atoms with van der Waals surface area (Å²) in [4.78, 5) is 24.8. The Labute approximate surface area is 165 Å². The Balaban J connectivity index is 1.43. The molecule has 1 aliphatic rings. The van der Waals surface area contributed by atoms with Crippen molar-refractivity contribution in [2.75, 3.05) is 25.8 Å². The van der Waals surface area contributed by atoms with Gasteiger partial charge in [0, 0.05) is 19.3 Å². The zero-order valence-electron chi connectivity index (χ0n) is 15.7. The summed E-state index contributed by atoms with van der Waals surface area (Å²) in [6.45, 7) is 1.16. The van der Waals surface area contributed by atoms with E-state index in [1.807, 2.05) is 12.1 Å². The lowest BCUT2D eigenvalue weighted by atomic mass is 10.2. The topological polar surface area (TPSA) is 117 Å². The molecule has 0 atom stereocenters. The summed E-state index contributed by atoms with van der Waals surface area (Å²) in [6, 6.07) is 9.95. The van der Waals surface area contributed by atoms with E-state index in [4.69, 9.17) is 14.2 Å². The fourth-order valence-electron chi connectivity index (χ4n) is 2.89. The van der Waals surface area contributed by atoms with Crippen molar-refractivity contribution in [1.29, 1.82) is 0 Å². The molecule has 0 bridgehead atoms. The van der Waals surface area contributed by atoms with Crippen LogP contribution in [0.4, 0.5) is 10.5 Å². The number of nitrogens with one attached hydrogen (secondary N) is 2. The van der Waals surface area contributed by atoms with Crippen molar-refractivity contribution in [2.24, 2.45) is 0 Å². The number of rotatable bonds is 6. The molecule has 0 radical (unpaired) electrons. The minimum absolute atomic E-state index is 0.201. The molecule has 0 saturated carbocycles. The third kappa shape index (κ3) is 4.11. The quantitative estimate of drug-likeness (QED) is 0.647. The maximum absolute atomic E-state index is 12.5. The van der Waals surface area contributed by atoms with Crippen molar-refractivity contribution in [3.63, 3.8) is 0 Å². The zero-order chi connectivity index (χ0) is 20.2. The largest absolute Gasteiger partial charge is 0.454 e. The Kier molecular flexibility index (Phi) is 5.25. The summed E-state index contributed by atoms with van der Waals surface area (Å²) in [5.41, 5.74) is 1.51. The van der Waals surface area contributed by atoms with Crippen LogP contribution >= 0.6 is 0 Å². The van der Waals surface area contributed by atoms with Gasteiger partial charge in [-0.2, -0.15) is 0 Å². The molecular formula is C19H19N5O5. The highest BCUT2D eigenvalue weighted by atomic mass is 16.7. The van der Waals surface area contributed by atoms with E-state index in [2.05, 4.69) is 20.9 Å². The standard InChI is InChI=1S/C19H19N5O5/c1-27-7-6-24-18(25)14-9-13(3-4-15(14)22-23-24)21-19(26)20-10-12-2-5-16-17(8-12)29-11-28-16/h2-5,8-9H,6-7,10-11H2,1H3,(H2,20,21,26). The van der Waals surface area contributed by atoms with Crippen LogP contribution in [-0.4, -0.2) is 41.5 Å². The van der Waals surface area contributed by atoms with Crippen molar-refractivity contribution >= 4 is 22.6 Å². The number of aromatic nitrogens is 3. The van der Waals surface area contributed by atoms with Crippen molar-refractivity contribution in [3.8, 4) is 11.5 Å². The van der Waals surface area contributed by atoms with Gasteiger partial charge in [-0.1, -0.05) is 11.3 Å². The second-order valence-electron chi connectivity index (χ2n) is 6.34. The Morgan fingerprint density at radius 1 is 1.21 bits per heavy atom. The molecule has 1 aliphatic heterocycles. The highest BCUT2D eigenvalue weighted by Crippen LogP contribution is 2.32. The molecule has 2 aromatic carbocycles. The third-order valence-corrected chi connectivity index (χ3v) is 4.38. The van der Waals surface area contributed by atoms with Gasteiger partial charge in [0.05, 0.1) is 18.5 Å². The van der Waals surface area contributed by atoms with E-state index >= 15 is 0 Å². The highest BCUT2D eigenvalue weighted by molar-refractivity contribution is 5.92. The van der Waals surface area contributed by atoms with E-state index in [9.17, 15) is 9.59 Å². The highest BCUT2D eigenvalue weighted by Gasteiger charge is 2.13. The molecule has 0 spiro atoms. The van der Waals surface area contributed by atoms with Gasteiger partial charge in [0.15, 0.2) is 11.5 Å². The number of urea groups is 1. The molecule has 2 heterocycles.